The predicted octanol–water partition coefficient (Wildman–Crippen LogP) is 4.46. The van der Waals surface area contributed by atoms with Gasteiger partial charge in [0, 0.05) is 0 Å². The Labute approximate surface area is 128 Å². The first-order chi connectivity index (χ1) is 9.76. The molecule has 1 heterocycles. The van der Waals surface area contributed by atoms with Gasteiger partial charge in [0.05, 0.1) is 11.1 Å². The van der Waals surface area contributed by atoms with E-state index in [2.05, 4.69) is 41.5 Å². The fraction of sp³-hybridized carbons (Fsp3) is 0.529. The van der Waals surface area contributed by atoms with Gasteiger partial charge in [-0.05, 0) is 28.8 Å². The van der Waals surface area contributed by atoms with Crippen LogP contribution in [0.3, 0.4) is 0 Å². The molecule has 114 valence electrons. The highest BCUT2D eigenvalue weighted by atomic mass is 28.3. The third kappa shape index (κ3) is 2.08. The van der Waals surface area contributed by atoms with Crippen molar-refractivity contribution in [1.29, 1.82) is 0 Å². The maximum absolute atomic E-state index is 12.9. The Morgan fingerprint density at radius 1 is 0.762 bits per heavy atom. The molecule has 1 aliphatic rings. The Kier molecular flexibility index (Phi) is 4.11. The minimum Gasteiger partial charge on any atom is -0.303 e. The van der Waals surface area contributed by atoms with Gasteiger partial charge < -0.3 is 4.57 Å². The number of nitrogens with zero attached hydrogens (tertiary/aromatic N) is 1. The van der Waals surface area contributed by atoms with Crippen molar-refractivity contribution in [2.75, 3.05) is 0 Å². The average Bonchev–Trinajstić information content (AvgIpc) is 2.64. The molecule has 0 spiro atoms. The lowest BCUT2D eigenvalue weighted by Crippen LogP contribution is -2.62. The molecule has 4 heteroatoms. The molecule has 3 nitrogen and oxygen atoms in total. The van der Waals surface area contributed by atoms with Crippen LogP contribution in [0.1, 0.15) is 62.3 Å². The molecule has 0 atom stereocenters. The molecule has 0 unspecified atom stereocenters. The molecule has 0 saturated carbocycles. The van der Waals surface area contributed by atoms with Gasteiger partial charge in [0.15, 0.2) is 8.24 Å². The highest BCUT2D eigenvalue weighted by Gasteiger charge is 2.56. The van der Waals surface area contributed by atoms with E-state index in [4.69, 9.17) is 0 Å². The lowest BCUT2D eigenvalue weighted by Gasteiger charge is -2.48. The van der Waals surface area contributed by atoms with Crippen LogP contribution in [0.2, 0.25) is 16.6 Å². The molecular formula is C17H25NO2Si. The lowest BCUT2D eigenvalue weighted by atomic mass is 10.1. The normalized spacial score (nSPS) is 15.6. The van der Waals surface area contributed by atoms with Gasteiger partial charge in [-0.1, -0.05) is 53.7 Å². The smallest absolute Gasteiger partial charge is 0.253 e. The minimum atomic E-state index is -2.28. The van der Waals surface area contributed by atoms with E-state index in [1.54, 1.807) is 16.7 Å². The van der Waals surface area contributed by atoms with E-state index in [0.717, 1.165) is 0 Å². The lowest BCUT2D eigenvalue weighted by molar-refractivity contribution is 0.0742. The molecule has 0 radical (unpaired) electrons. The van der Waals surface area contributed by atoms with Crippen LogP contribution in [0, 0.1) is 0 Å². The van der Waals surface area contributed by atoms with Crippen LogP contribution in [-0.2, 0) is 0 Å². The molecule has 2 amide bonds. The fourth-order valence-corrected chi connectivity index (χ4v) is 10.8. The Balaban J connectivity index is 2.64. The molecule has 0 N–H and O–H groups in total. The molecule has 0 fully saturated rings. The molecule has 1 aromatic carbocycles. The SMILES string of the molecule is CC(C)[Si](C(C)C)(C(C)C)N1C(=O)c2ccccc2C1=O. The predicted molar refractivity (Wildman–Crippen MR) is 88.0 cm³/mol. The van der Waals surface area contributed by atoms with Crippen LogP contribution >= 0.6 is 0 Å². The topological polar surface area (TPSA) is 37.4 Å². The Bertz CT molecular complexity index is 521. The van der Waals surface area contributed by atoms with Crippen LogP contribution in [0.4, 0.5) is 0 Å². The van der Waals surface area contributed by atoms with E-state index >= 15 is 0 Å². The summed E-state index contributed by atoms with van der Waals surface area (Å²) in [6.45, 7) is 13.0. The van der Waals surface area contributed by atoms with E-state index in [9.17, 15) is 9.59 Å². The van der Waals surface area contributed by atoms with Crippen molar-refractivity contribution in [3.8, 4) is 0 Å². The Hall–Kier alpha value is -1.42. The molecule has 0 saturated heterocycles. The molecule has 1 aromatic rings. The molecule has 1 aliphatic heterocycles. The highest BCUT2D eigenvalue weighted by Crippen LogP contribution is 2.46. The largest absolute Gasteiger partial charge is 0.303 e. The number of imide groups is 1. The summed E-state index contributed by atoms with van der Waals surface area (Å²) in [7, 11) is -2.28. The van der Waals surface area contributed by atoms with Gasteiger partial charge in [0.2, 0.25) is 0 Å². The van der Waals surface area contributed by atoms with Gasteiger partial charge in [0.1, 0.15) is 0 Å². The number of carbonyl (C=O) groups excluding carboxylic acids is 2. The number of amides is 2. The summed E-state index contributed by atoms with van der Waals surface area (Å²) in [5.74, 6) is -0.170. The zero-order chi connectivity index (χ0) is 15.9. The molecule has 2 rings (SSSR count). The molecule has 0 aromatic heterocycles. The Morgan fingerprint density at radius 2 is 1.10 bits per heavy atom. The highest BCUT2D eigenvalue weighted by molar-refractivity contribution is 6.85. The van der Waals surface area contributed by atoms with Crippen LogP contribution in [0.25, 0.3) is 0 Å². The number of rotatable bonds is 4. The van der Waals surface area contributed by atoms with Crippen molar-refractivity contribution in [3.05, 3.63) is 35.4 Å². The summed E-state index contributed by atoms with van der Waals surface area (Å²) in [6.07, 6.45) is 0. The van der Waals surface area contributed by atoms with Crippen molar-refractivity contribution in [2.24, 2.45) is 0 Å². The van der Waals surface area contributed by atoms with Gasteiger partial charge in [-0.25, -0.2) is 0 Å². The summed E-state index contributed by atoms with van der Waals surface area (Å²) in [5.41, 5.74) is 2.14. The monoisotopic (exact) mass is 303 g/mol. The van der Waals surface area contributed by atoms with Gasteiger partial charge >= 0.3 is 0 Å². The van der Waals surface area contributed by atoms with Crippen molar-refractivity contribution in [3.63, 3.8) is 0 Å². The second kappa shape index (κ2) is 5.41. The average molecular weight is 303 g/mol. The molecule has 0 bridgehead atoms. The van der Waals surface area contributed by atoms with Gasteiger partial charge in [-0.2, -0.15) is 0 Å². The van der Waals surface area contributed by atoms with E-state index in [1.165, 1.54) is 0 Å². The number of fused-ring (bicyclic) bond motifs is 1. The number of benzene rings is 1. The van der Waals surface area contributed by atoms with Gasteiger partial charge in [0.25, 0.3) is 11.8 Å². The quantitative estimate of drug-likeness (QED) is 0.608. The Morgan fingerprint density at radius 3 is 1.38 bits per heavy atom. The first kappa shape index (κ1) is 16.0. The summed E-state index contributed by atoms with van der Waals surface area (Å²) in [4.78, 5) is 25.8. The zero-order valence-electron chi connectivity index (χ0n) is 13.8. The van der Waals surface area contributed by atoms with Crippen molar-refractivity contribution in [1.82, 2.24) is 4.57 Å². The summed E-state index contributed by atoms with van der Waals surface area (Å²) in [5, 5.41) is 0. The van der Waals surface area contributed by atoms with Crippen LogP contribution in [0.5, 0.6) is 0 Å². The minimum absolute atomic E-state index is 0.0848. The number of hydrogen-bond donors (Lipinski definition) is 0. The van der Waals surface area contributed by atoms with Crippen molar-refractivity contribution < 1.29 is 9.59 Å². The van der Waals surface area contributed by atoms with Gasteiger partial charge in [-0.3, -0.25) is 9.59 Å². The second-order valence-electron chi connectivity index (χ2n) is 6.84. The van der Waals surface area contributed by atoms with E-state index in [-0.39, 0.29) is 11.8 Å². The zero-order valence-corrected chi connectivity index (χ0v) is 14.8. The van der Waals surface area contributed by atoms with Crippen molar-refractivity contribution in [2.45, 2.75) is 58.2 Å². The third-order valence-electron chi connectivity index (χ3n) is 4.96. The number of hydrogen-bond acceptors (Lipinski definition) is 2. The van der Waals surface area contributed by atoms with E-state index in [1.807, 2.05) is 12.1 Å². The van der Waals surface area contributed by atoms with E-state index in [0.29, 0.717) is 27.8 Å². The fourth-order valence-electron chi connectivity index (χ4n) is 4.32. The molecule has 21 heavy (non-hydrogen) atoms. The standard InChI is InChI=1S/C17H25NO2Si/c1-11(2)21(12(3)4,13(5)6)18-16(19)14-9-7-8-10-15(14)17(18)20/h7-13H,1-6H3. The summed E-state index contributed by atoms with van der Waals surface area (Å²) < 4.78 is 1.68. The summed E-state index contributed by atoms with van der Waals surface area (Å²) >= 11 is 0. The summed E-state index contributed by atoms with van der Waals surface area (Å²) in [6, 6.07) is 7.21. The van der Waals surface area contributed by atoms with Crippen LogP contribution < -0.4 is 0 Å². The third-order valence-corrected chi connectivity index (χ3v) is 11.7. The van der Waals surface area contributed by atoms with Gasteiger partial charge in [-0.15, -0.1) is 0 Å². The van der Waals surface area contributed by atoms with Crippen LogP contribution in [-0.4, -0.2) is 24.6 Å². The maximum Gasteiger partial charge on any atom is 0.253 e. The maximum atomic E-state index is 12.9. The second-order valence-corrected chi connectivity index (χ2v) is 12.5. The molecule has 0 aliphatic carbocycles. The first-order valence-electron chi connectivity index (χ1n) is 7.74. The van der Waals surface area contributed by atoms with E-state index < -0.39 is 8.24 Å². The molecular weight excluding hydrogens is 278 g/mol. The van der Waals surface area contributed by atoms with Crippen LogP contribution in [0.15, 0.2) is 24.3 Å². The van der Waals surface area contributed by atoms with Crippen molar-refractivity contribution >= 4 is 20.0 Å². The first-order valence-corrected chi connectivity index (χ1v) is 9.92. The number of carbonyl (C=O) groups is 2.